The number of amides is 1. The Morgan fingerprint density at radius 3 is 2.89 bits per heavy atom. The molecule has 1 aromatic heterocycles. The van der Waals surface area contributed by atoms with Crippen molar-refractivity contribution in [3.63, 3.8) is 0 Å². The van der Waals surface area contributed by atoms with Crippen molar-refractivity contribution in [1.82, 2.24) is 10.6 Å². The highest BCUT2D eigenvalue weighted by Gasteiger charge is 2.32. The van der Waals surface area contributed by atoms with Crippen molar-refractivity contribution in [3.8, 4) is 0 Å². The van der Waals surface area contributed by atoms with Crippen LogP contribution in [0.4, 0.5) is 0 Å². The summed E-state index contributed by atoms with van der Waals surface area (Å²) in [5, 5.41) is 6.44. The summed E-state index contributed by atoms with van der Waals surface area (Å²) >= 11 is 0. The van der Waals surface area contributed by atoms with Crippen molar-refractivity contribution < 1.29 is 9.21 Å². The lowest BCUT2D eigenvalue weighted by Crippen LogP contribution is -2.52. The average molecular weight is 287 g/mol. The van der Waals surface area contributed by atoms with Crippen LogP contribution in [0.25, 0.3) is 0 Å². The lowest BCUT2D eigenvalue weighted by Gasteiger charge is -2.39. The van der Waals surface area contributed by atoms with Gasteiger partial charge in [-0.2, -0.15) is 0 Å². The minimum atomic E-state index is -0.124. The first-order chi connectivity index (χ1) is 8.50. The van der Waals surface area contributed by atoms with Crippen molar-refractivity contribution >= 4 is 18.3 Å². The number of furan rings is 1. The fourth-order valence-corrected chi connectivity index (χ4v) is 2.50. The molecule has 19 heavy (non-hydrogen) atoms. The Morgan fingerprint density at radius 1 is 1.58 bits per heavy atom. The van der Waals surface area contributed by atoms with Crippen LogP contribution in [0.5, 0.6) is 0 Å². The molecule has 4 nitrogen and oxygen atoms in total. The monoisotopic (exact) mass is 286 g/mol. The summed E-state index contributed by atoms with van der Waals surface area (Å²) in [5.41, 5.74) is 1.10. The van der Waals surface area contributed by atoms with Crippen LogP contribution in [0, 0.1) is 12.3 Å². The van der Waals surface area contributed by atoms with Crippen molar-refractivity contribution in [2.75, 3.05) is 13.1 Å². The standard InChI is InChI=1S/C14H22N2O2.ClH/c1-10-5-8-18-12(10)13(17)16-9-11-14(2,3)6-4-7-15-11;/h5,8,11,15H,4,6-7,9H2,1-3H3,(H,16,17);1H. The smallest absolute Gasteiger partial charge is 0.287 e. The van der Waals surface area contributed by atoms with Gasteiger partial charge in [-0.15, -0.1) is 12.4 Å². The Bertz CT molecular complexity index is 429. The van der Waals surface area contributed by atoms with E-state index in [1.54, 1.807) is 12.3 Å². The highest BCUT2D eigenvalue weighted by atomic mass is 35.5. The van der Waals surface area contributed by atoms with Crippen LogP contribution in [0.15, 0.2) is 16.7 Å². The fraction of sp³-hybridized carbons (Fsp3) is 0.643. The van der Waals surface area contributed by atoms with Gasteiger partial charge in [0.1, 0.15) is 0 Å². The first kappa shape index (κ1) is 16.1. The largest absolute Gasteiger partial charge is 0.459 e. The van der Waals surface area contributed by atoms with Crippen LogP contribution in [0.3, 0.4) is 0 Å². The van der Waals surface area contributed by atoms with E-state index in [2.05, 4.69) is 24.5 Å². The van der Waals surface area contributed by atoms with E-state index in [0.717, 1.165) is 12.1 Å². The second-order valence-electron chi connectivity index (χ2n) is 5.74. The van der Waals surface area contributed by atoms with Gasteiger partial charge >= 0.3 is 0 Å². The molecule has 108 valence electrons. The molecule has 1 aliphatic rings. The molecule has 1 unspecified atom stereocenters. The molecule has 1 fully saturated rings. The number of piperidine rings is 1. The summed E-state index contributed by atoms with van der Waals surface area (Å²) in [6, 6.07) is 2.13. The zero-order valence-electron chi connectivity index (χ0n) is 11.8. The molecule has 1 aliphatic heterocycles. The molecule has 0 saturated carbocycles. The normalized spacial score (nSPS) is 21.5. The van der Waals surface area contributed by atoms with Gasteiger partial charge in [0.05, 0.1) is 6.26 Å². The van der Waals surface area contributed by atoms with Crippen molar-refractivity contribution in [2.24, 2.45) is 5.41 Å². The third-order valence-corrected chi connectivity index (χ3v) is 3.87. The molecule has 2 N–H and O–H groups in total. The van der Waals surface area contributed by atoms with Crippen LogP contribution in [-0.4, -0.2) is 25.0 Å². The third kappa shape index (κ3) is 3.74. The van der Waals surface area contributed by atoms with Gasteiger partial charge in [0.25, 0.3) is 5.91 Å². The van der Waals surface area contributed by atoms with Crippen LogP contribution >= 0.6 is 12.4 Å². The number of hydrogen-bond acceptors (Lipinski definition) is 3. The number of carbonyl (C=O) groups is 1. The molecule has 1 aromatic rings. The number of hydrogen-bond donors (Lipinski definition) is 2. The minimum Gasteiger partial charge on any atom is -0.459 e. The molecule has 2 rings (SSSR count). The molecule has 0 radical (unpaired) electrons. The summed E-state index contributed by atoms with van der Waals surface area (Å²) in [6.07, 6.45) is 3.95. The van der Waals surface area contributed by atoms with Crippen molar-refractivity contribution in [3.05, 3.63) is 23.7 Å². The molecule has 0 aromatic carbocycles. The predicted octanol–water partition coefficient (Wildman–Crippen LogP) is 2.52. The second-order valence-corrected chi connectivity index (χ2v) is 5.74. The molecule has 0 bridgehead atoms. The van der Waals surface area contributed by atoms with Gasteiger partial charge in [0.15, 0.2) is 5.76 Å². The maximum Gasteiger partial charge on any atom is 0.287 e. The summed E-state index contributed by atoms with van der Waals surface area (Å²) in [7, 11) is 0. The van der Waals surface area contributed by atoms with Crippen molar-refractivity contribution in [2.45, 2.75) is 39.7 Å². The number of rotatable bonds is 3. The van der Waals surface area contributed by atoms with Gasteiger partial charge in [-0.1, -0.05) is 13.8 Å². The first-order valence-corrected chi connectivity index (χ1v) is 6.56. The maximum atomic E-state index is 11.9. The molecule has 1 atom stereocenters. The molecule has 1 saturated heterocycles. The summed E-state index contributed by atoms with van der Waals surface area (Å²) < 4.78 is 5.19. The van der Waals surface area contributed by atoms with Gasteiger partial charge in [-0.05, 0) is 37.8 Å². The van der Waals surface area contributed by atoms with Crippen LogP contribution in [0.1, 0.15) is 42.8 Å². The zero-order chi connectivity index (χ0) is 13.2. The Kier molecular flexibility index (Phi) is 5.44. The van der Waals surface area contributed by atoms with E-state index in [1.807, 2.05) is 6.92 Å². The second kappa shape index (κ2) is 6.44. The van der Waals surface area contributed by atoms with Gasteiger partial charge in [0.2, 0.25) is 0 Å². The Morgan fingerprint density at radius 2 is 2.32 bits per heavy atom. The highest BCUT2D eigenvalue weighted by Crippen LogP contribution is 2.29. The lowest BCUT2D eigenvalue weighted by atomic mass is 9.77. The number of nitrogens with one attached hydrogen (secondary N) is 2. The molecule has 1 amide bonds. The maximum absolute atomic E-state index is 11.9. The Hall–Kier alpha value is -1.00. The SMILES string of the molecule is Cc1ccoc1C(=O)NCC1NCCCC1(C)C.Cl. The van der Waals surface area contributed by atoms with E-state index in [1.165, 1.54) is 12.8 Å². The third-order valence-electron chi connectivity index (χ3n) is 3.87. The summed E-state index contributed by atoms with van der Waals surface area (Å²) in [4.78, 5) is 11.9. The zero-order valence-corrected chi connectivity index (χ0v) is 12.6. The van der Waals surface area contributed by atoms with Gasteiger partial charge in [-0.3, -0.25) is 4.79 Å². The van der Waals surface area contributed by atoms with Crippen molar-refractivity contribution in [1.29, 1.82) is 0 Å². The summed E-state index contributed by atoms with van der Waals surface area (Å²) in [5.74, 6) is 0.296. The number of aryl methyl sites for hydroxylation is 1. The van der Waals surface area contributed by atoms with Crippen LogP contribution in [-0.2, 0) is 0 Å². The fourth-order valence-electron chi connectivity index (χ4n) is 2.50. The van der Waals surface area contributed by atoms with Gasteiger partial charge in [-0.25, -0.2) is 0 Å². The molecule has 0 aliphatic carbocycles. The van der Waals surface area contributed by atoms with E-state index in [0.29, 0.717) is 18.3 Å². The molecule has 0 spiro atoms. The van der Waals surface area contributed by atoms with E-state index in [4.69, 9.17) is 4.42 Å². The Balaban J connectivity index is 0.00000180. The van der Waals surface area contributed by atoms with E-state index >= 15 is 0 Å². The predicted molar refractivity (Wildman–Crippen MR) is 77.8 cm³/mol. The summed E-state index contributed by atoms with van der Waals surface area (Å²) in [6.45, 7) is 8.04. The minimum absolute atomic E-state index is 0. The molecule has 5 heteroatoms. The number of halogens is 1. The van der Waals surface area contributed by atoms with E-state index in [-0.39, 0.29) is 23.7 Å². The van der Waals surface area contributed by atoms with E-state index in [9.17, 15) is 4.79 Å². The topological polar surface area (TPSA) is 54.3 Å². The average Bonchev–Trinajstić information content (AvgIpc) is 2.73. The number of carbonyl (C=O) groups excluding carboxylic acids is 1. The lowest BCUT2D eigenvalue weighted by molar-refractivity contribution is 0.0900. The molecular weight excluding hydrogens is 264 g/mol. The highest BCUT2D eigenvalue weighted by molar-refractivity contribution is 5.92. The van der Waals surface area contributed by atoms with E-state index < -0.39 is 0 Å². The first-order valence-electron chi connectivity index (χ1n) is 6.56. The molecule has 2 heterocycles. The van der Waals surface area contributed by atoms with Gasteiger partial charge in [0, 0.05) is 18.2 Å². The van der Waals surface area contributed by atoms with Crippen LogP contribution < -0.4 is 10.6 Å². The quantitative estimate of drug-likeness (QED) is 0.898. The van der Waals surface area contributed by atoms with Gasteiger partial charge < -0.3 is 15.1 Å². The molecular formula is C14H23ClN2O2. The van der Waals surface area contributed by atoms with Crippen LogP contribution in [0.2, 0.25) is 0 Å². The Labute approximate surface area is 120 Å².